The first-order valence-corrected chi connectivity index (χ1v) is 7.30. The summed E-state index contributed by atoms with van der Waals surface area (Å²) in [6.07, 6.45) is 0.930. The van der Waals surface area contributed by atoms with Crippen molar-refractivity contribution >= 4 is 38.9 Å². The molecule has 98 valence electrons. The molecule has 0 radical (unpaired) electrons. The lowest BCUT2D eigenvalue weighted by Gasteiger charge is -2.12. The molecule has 2 aromatic heterocycles. The molecule has 2 aromatic rings. The maximum atomic E-state index is 10.4. The fourth-order valence-corrected chi connectivity index (χ4v) is 3.19. The monoisotopic (exact) mass is 350 g/mol. The van der Waals surface area contributed by atoms with E-state index in [1.807, 2.05) is 0 Å². The first kappa shape index (κ1) is 14.0. The van der Waals surface area contributed by atoms with Crippen molar-refractivity contribution in [2.75, 3.05) is 13.7 Å². The van der Waals surface area contributed by atoms with E-state index >= 15 is 0 Å². The Labute approximate surface area is 122 Å². The van der Waals surface area contributed by atoms with Crippen molar-refractivity contribution in [2.45, 2.75) is 12.6 Å². The molecule has 0 aliphatic carbocycles. The molecule has 0 aliphatic rings. The zero-order valence-electron chi connectivity index (χ0n) is 9.64. The highest BCUT2D eigenvalue weighted by molar-refractivity contribution is 9.10. The number of aliphatic hydroxyl groups is 1. The molecule has 0 spiro atoms. The normalized spacial score (nSPS) is 12.9. The first-order chi connectivity index (χ1) is 8.63. The number of thiophene rings is 1. The van der Waals surface area contributed by atoms with Gasteiger partial charge in [-0.2, -0.15) is 5.10 Å². The van der Waals surface area contributed by atoms with Gasteiger partial charge < -0.3 is 9.84 Å². The molecule has 1 unspecified atom stereocenters. The van der Waals surface area contributed by atoms with E-state index in [0.717, 1.165) is 9.35 Å². The SMILES string of the molecule is COCCn1ncc(Br)c1C(O)c1cc(Cl)cs1. The van der Waals surface area contributed by atoms with Crippen LogP contribution in [0, 0.1) is 0 Å². The minimum Gasteiger partial charge on any atom is -0.383 e. The van der Waals surface area contributed by atoms with Gasteiger partial charge in [-0.15, -0.1) is 11.3 Å². The number of hydrogen-bond acceptors (Lipinski definition) is 4. The molecule has 2 heterocycles. The van der Waals surface area contributed by atoms with Crippen molar-refractivity contribution in [3.05, 3.63) is 37.7 Å². The zero-order chi connectivity index (χ0) is 13.1. The average Bonchev–Trinajstić information content (AvgIpc) is 2.92. The quantitative estimate of drug-likeness (QED) is 0.900. The number of halogens is 2. The van der Waals surface area contributed by atoms with E-state index in [2.05, 4.69) is 21.0 Å². The van der Waals surface area contributed by atoms with Crippen LogP contribution in [-0.4, -0.2) is 28.6 Å². The minimum atomic E-state index is -0.740. The van der Waals surface area contributed by atoms with Crippen molar-refractivity contribution < 1.29 is 9.84 Å². The molecular formula is C11H12BrClN2O2S. The molecule has 18 heavy (non-hydrogen) atoms. The molecular weight excluding hydrogens is 340 g/mol. The van der Waals surface area contributed by atoms with Crippen LogP contribution in [0.1, 0.15) is 16.7 Å². The molecule has 1 atom stereocenters. The predicted octanol–water partition coefficient (Wildman–Crippen LogP) is 3.09. The number of ether oxygens (including phenoxy) is 1. The Hall–Kier alpha value is -0.400. The van der Waals surface area contributed by atoms with Gasteiger partial charge in [0.1, 0.15) is 6.10 Å². The smallest absolute Gasteiger partial charge is 0.131 e. The fourth-order valence-electron chi connectivity index (χ4n) is 1.61. The maximum Gasteiger partial charge on any atom is 0.131 e. The Balaban J connectivity index is 2.28. The van der Waals surface area contributed by atoms with Crippen LogP contribution in [0.2, 0.25) is 5.02 Å². The minimum absolute atomic E-state index is 0.541. The number of aromatic nitrogens is 2. The third kappa shape index (κ3) is 2.95. The molecule has 0 saturated carbocycles. The number of aliphatic hydroxyl groups excluding tert-OH is 1. The lowest BCUT2D eigenvalue weighted by molar-refractivity contribution is 0.172. The zero-order valence-corrected chi connectivity index (χ0v) is 12.8. The van der Waals surface area contributed by atoms with Crippen LogP contribution in [-0.2, 0) is 11.3 Å². The largest absolute Gasteiger partial charge is 0.383 e. The molecule has 4 nitrogen and oxygen atoms in total. The highest BCUT2D eigenvalue weighted by atomic mass is 79.9. The summed E-state index contributed by atoms with van der Waals surface area (Å²) >= 11 is 10.7. The number of nitrogens with zero attached hydrogens (tertiary/aromatic N) is 2. The standard InChI is InChI=1S/C11H12BrClN2O2S/c1-17-3-2-15-10(8(12)5-14-15)11(16)9-4-7(13)6-18-9/h4-6,11,16H,2-3H2,1H3. The summed E-state index contributed by atoms with van der Waals surface area (Å²) in [5.74, 6) is 0. The summed E-state index contributed by atoms with van der Waals surface area (Å²) in [5.41, 5.74) is 0.713. The van der Waals surface area contributed by atoms with Crippen LogP contribution in [0.5, 0.6) is 0 Å². The Morgan fingerprint density at radius 3 is 3.06 bits per heavy atom. The van der Waals surface area contributed by atoms with Gasteiger partial charge in [0.25, 0.3) is 0 Å². The van der Waals surface area contributed by atoms with Gasteiger partial charge in [-0.3, -0.25) is 4.68 Å². The number of hydrogen-bond donors (Lipinski definition) is 1. The molecule has 2 rings (SSSR count). The van der Waals surface area contributed by atoms with Gasteiger partial charge in [0.05, 0.1) is 34.5 Å². The third-order valence-electron chi connectivity index (χ3n) is 2.46. The van der Waals surface area contributed by atoms with Crippen molar-refractivity contribution in [1.29, 1.82) is 0 Å². The summed E-state index contributed by atoms with van der Waals surface area (Å²) in [7, 11) is 1.63. The molecule has 0 aliphatic heterocycles. The summed E-state index contributed by atoms with van der Waals surface area (Å²) < 4.78 is 7.53. The van der Waals surface area contributed by atoms with E-state index in [1.54, 1.807) is 29.4 Å². The number of rotatable bonds is 5. The summed E-state index contributed by atoms with van der Waals surface area (Å²) in [5, 5.41) is 17.0. The van der Waals surface area contributed by atoms with Crippen molar-refractivity contribution in [2.24, 2.45) is 0 Å². The lowest BCUT2D eigenvalue weighted by Crippen LogP contribution is -2.13. The van der Waals surface area contributed by atoms with Gasteiger partial charge in [-0.05, 0) is 22.0 Å². The third-order valence-corrected chi connectivity index (χ3v) is 4.40. The van der Waals surface area contributed by atoms with Crippen LogP contribution < -0.4 is 0 Å². The molecule has 7 heteroatoms. The Kier molecular flexibility index (Phi) is 4.80. The van der Waals surface area contributed by atoms with Crippen LogP contribution in [0.15, 0.2) is 22.1 Å². The Morgan fingerprint density at radius 2 is 2.44 bits per heavy atom. The Morgan fingerprint density at radius 1 is 1.67 bits per heavy atom. The topological polar surface area (TPSA) is 47.3 Å². The van der Waals surface area contributed by atoms with Gasteiger partial charge in [0, 0.05) is 17.4 Å². The van der Waals surface area contributed by atoms with E-state index in [1.165, 1.54) is 11.3 Å². The van der Waals surface area contributed by atoms with Gasteiger partial charge >= 0.3 is 0 Å². The predicted molar refractivity (Wildman–Crippen MR) is 75.2 cm³/mol. The van der Waals surface area contributed by atoms with E-state index < -0.39 is 6.10 Å². The summed E-state index contributed by atoms with van der Waals surface area (Å²) in [6, 6.07) is 1.76. The number of methoxy groups -OCH3 is 1. The van der Waals surface area contributed by atoms with E-state index in [0.29, 0.717) is 23.9 Å². The molecule has 0 saturated heterocycles. The molecule has 0 fully saturated rings. The summed E-state index contributed by atoms with van der Waals surface area (Å²) in [4.78, 5) is 0.792. The molecule has 0 aromatic carbocycles. The maximum absolute atomic E-state index is 10.4. The van der Waals surface area contributed by atoms with Crippen molar-refractivity contribution in [3.63, 3.8) is 0 Å². The van der Waals surface area contributed by atoms with Gasteiger partial charge in [0.2, 0.25) is 0 Å². The first-order valence-electron chi connectivity index (χ1n) is 5.25. The van der Waals surface area contributed by atoms with Crippen LogP contribution in [0.4, 0.5) is 0 Å². The van der Waals surface area contributed by atoms with Crippen LogP contribution in [0.3, 0.4) is 0 Å². The van der Waals surface area contributed by atoms with Crippen molar-refractivity contribution in [1.82, 2.24) is 9.78 Å². The average molecular weight is 352 g/mol. The molecule has 0 bridgehead atoms. The second-order valence-electron chi connectivity index (χ2n) is 3.66. The van der Waals surface area contributed by atoms with E-state index in [-0.39, 0.29) is 0 Å². The lowest BCUT2D eigenvalue weighted by atomic mass is 10.2. The molecule has 1 N–H and O–H groups in total. The highest BCUT2D eigenvalue weighted by Gasteiger charge is 2.20. The summed E-state index contributed by atoms with van der Waals surface area (Å²) in [6.45, 7) is 1.13. The Bertz CT molecular complexity index is 529. The molecule has 0 amide bonds. The van der Waals surface area contributed by atoms with Gasteiger partial charge in [0.15, 0.2) is 0 Å². The van der Waals surface area contributed by atoms with Gasteiger partial charge in [-0.25, -0.2) is 0 Å². The second-order valence-corrected chi connectivity index (χ2v) is 5.90. The fraction of sp³-hybridized carbons (Fsp3) is 0.364. The van der Waals surface area contributed by atoms with Gasteiger partial charge in [-0.1, -0.05) is 11.6 Å². The van der Waals surface area contributed by atoms with Crippen LogP contribution >= 0.6 is 38.9 Å². The highest BCUT2D eigenvalue weighted by Crippen LogP contribution is 2.33. The second kappa shape index (κ2) is 6.16. The van der Waals surface area contributed by atoms with Crippen molar-refractivity contribution in [3.8, 4) is 0 Å². The van der Waals surface area contributed by atoms with Crippen LogP contribution in [0.25, 0.3) is 0 Å². The van der Waals surface area contributed by atoms with E-state index in [4.69, 9.17) is 16.3 Å². The van der Waals surface area contributed by atoms with E-state index in [9.17, 15) is 5.11 Å².